The molecule has 0 unspecified atom stereocenters. The van der Waals surface area contributed by atoms with Crippen molar-refractivity contribution in [2.24, 2.45) is 0 Å². The minimum Gasteiger partial charge on any atom is -0.339 e. The number of benzene rings is 1. The van der Waals surface area contributed by atoms with Gasteiger partial charge in [-0.1, -0.05) is 32.0 Å². The van der Waals surface area contributed by atoms with Crippen LogP contribution in [0.3, 0.4) is 0 Å². The van der Waals surface area contributed by atoms with E-state index in [0.717, 1.165) is 11.3 Å². The molecule has 3 amide bonds. The Kier molecular flexibility index (Phi) is 4.83. The average Bonchev–Trinajstić information content (AvgIpc) is 2.47. The van der Waals surface area contributed by atoms with Crippen LogP contribution in [-0.4, -0.2) is 47.9 Å². The van der Waals surface area contributed by atoms with Gasteiger partial charge in [-0.15, -0.1) is 0 Å². The third kappa shape index (κ3) is 3.74. The highest BCUT2D eigenvalue weighted by molar-refractivity contribution is 5.90. The van der Waals surface area contributed by atoms with E-state index in [2.05, 4.69) is 19.2 Å². The van der Waals surface area contributed by atoms with E-state index in [9.17, 15) is 9.59 Å². The van der Waals surface area contributed by atoms with Crippen LogP contribution in [0.15, 0.2) is 24.3 Å². The van der Waals surface area contributed by atoms with Crippen molar-refractivity contribution in [1.29, 1.82) is 0 Å². The summed E-state index contributed by atoms with van der Waals surface area (Å²) in [5, 5.41) is 2.99. The highest BCUT2D eigenvalue weighted by atomic mass is 16.2. The van der Waals surface area contributed by atoms with Gasteiger partial charge in [0.15, 0.2) is 0 Å². The van der Waals surface area contributed by atoms with Gasteiger partial charge in [-0.3, -0.25) is 4.79 Å². The predicted molar refractivity (Wildman–Crippen MR) is 83.4 cm³/mol. The van der Waals surface area contributed by atoms with E-state index in [-0.39, 0.29) is 11.9 Å². The van der Waals surface area contributed by atoms with Crippen LogP contribution >= 0.6 is 0 Å². The maximum atomic E-state index is 12.3. The van der Waals surface area contributed by atoms with Crippen LogP contribution in [-0.2, 0) is 4.79 Å². The van der Waals surface area contributed by atoms with Crippen molar-refractivity contribution >= 4 is 17.6 Å². The van der Waals surface area contributed by atoms with Crippen molar-refractivity contribution < 1.29 is 9.59 Å². The maximum absolute atomic E-state index is 12.3. The summed E-state index contributed by atoms with van der Waals surface area (Å²) in [5.74, 6) is 0.427. The SMILES string of the molecule is CC(=O)N1CCN(C(=O)Nc2ccccc2C(C)C)CC1. The van der Waals surface area contributed by atoms with Gasteiger partial charge in [-0.25, -0.2) is 4.79 Å². The van der Waals surface area contributed by atoms with Crippen molar-refractivity contribution in [3.05, 3.63) is 29.8 Å². The van der Waals surface area contributed by atoms with Crippen LogP contribution < -0.4 is 5.32 Å². The van der Waals surface area contributed by atoms with Crippen molar-refractivity contribution in [3.63, 3.8) is 0 Å². The van der Waals surface area contributed by atoms with Crippen molar-refractivity contribution in [1.82, 2.24) is 9.80 Å². The number of anilines is 1. The van der Waals surface area contributed by atoms with E-state index < -0.39 is 0 Å². The first kappa shape index (κ1) is 15.4. The average molecular weight is 289 g/mol. The fraction of sp³-hybridized carbons (Fsp3) is 0.500. The standard InChI is InChI=1S/C16H23N3O2/c1-12(2)14-6-4-5-7-15(14)17-16(21)19-10-8-18(9-11-19)13(3)20/h4-7,12H,8-11H2,1-3H3,(H,17,21). The number of para-hydroxylation sites is 1. The first-order valence-electron chi connectivity index (χ1n) is 7.39. The Morgan fingerprint density at radius 2 is 1.62 bits per heavy atom. The van der Waals surface area contributed by atoms with E-state index in [4.69, 9.17) is 0 Å². The van der Waals surface area contributed by atoms with E-state index in [1.165, 1.54) is 0 Å². The van der Waals surface area contributed by atoms with Crippen LogP contribution in [0.2, 0.25) is 0 Å². The monoisotopic (exact) mass is 289 g/mol. The van der Waals surface area contributed by atoms with Gasteiger partial charge in [0.25, 0.3) is 0 Å². The third-order valence-corrected chi connectivity index (χ3v) is 3.84. The molecule has 1 fully saturated rings. The molecule has 1 aliphatic rings. The quantitative estimate of drug-likeness (QED) is 0.909. The maximum Gasteiger partial charge on any atom is 0.321 e. The zero-order valence-corrected chi connectivity index (χ0v) is 12.9. The van der Waals surface area contributed by atoms with Gasteiger partial charge in [-0.05, 0) is 17.5 Å². The van der Waals surface area contributed by atoms with Crippen LogP contribution in [0, 0.1) is 0 Å². The number of carbonyl (C=O) groups excluding carboxylic acids is 2. The Morgan fingerprint density at radius 1 is 1.05 bits per heavy atom. The number of rotatable bonds is 2. The molecular formula is C16H23N3O2. The summed E-state index contributed by atoms with van der Waals surface area (Å²) in [6.45, 7) is 8.15. The molecule has 1 aromatic rings. The molecular weight excluding hydrogens is 266 g/mol. The molecule has 5 nitrogen and oxygen atoms in total. The Hall–Kier alpha value is -2.04. The van der Waals surface area contributed by atoms with E-state index >= 15 is 0 Å². The molecule has 1 N–H and O–H groups in total. The minimum atomic E-state index is -0.0914. The first-order valence-corrected chi connectivity index (χ1v) is 7.39. The van der Waals surface area contributed by atoms with Crippen LogP contribution in [0.4, 0.5) is 10.5 Å². The number of amides is 3. The summed E-state index contributed by atoms with van der Waals surface area (Å²) in [5.41, 5.74) is 2.00. The summed E-state index contributed by atoms with van der Waals surface area (Å²) in [7, 11) is 0. The van der Waals surface area contributed by atoms with Gasteiger partial charge in [0.05, 0.1) is 0 Å². The summed E-state index contributed by atoms with van der Waals surface area (Å²) < 4.78 is 0. The van der Waals surface area contributed by atoms with Gasteiger partial charge in [0, 0.05) is 38.8 Å². The Morgan fingerprint density at radius 3 is 2.19 bits per heavy atom. The summed E-state index contributed by atoms with van der Waals surface area (Å²) in [6.07, 6.45) is 0. The molecule has 114 valence electrons. The fourth-order valence-electron chi connectivity index (χ4n) is 2.53. The van der Waals surface area contributed by atoms with Crippen molar-refractivity contribution in [3.8, 4) is 0 Å². The topological polar surface area (TPSA) is 52.7 Å². The summed E-state index contributed by atoms with van der Waals surface area (Å²) in [6, 6.07) is 7.78. The van der Waals surface area contributed by atoms with Crippen LogP contribution in [0.5, 0.6) is 0 Å². The molecule has 0 spiro atoms. The lowest BCUT2D eigenvalue weighted by Crippen LogP contribution is -2.51. The highest BCUT2D eigenvalue weighted by Gasteiger charge is 2.22. The number of hydrogen-bond acceptors (Lipinski definition) is 2. The normalized spacial score (nSPS) is 15.2. The molecule has 1 aromatic carbocycles. The lowest BCUT2D eigenvalue weighted by atomic mass is 10.0. The molecule has 0 aromatic heterocycles. The zero-order valence-electron chi connectivity index (χ0n) is 12.9. The molecule has 1 aliphatic heterocycles. The molecule has 21 heavy (non-hydrogen) atoms. The Labute approximate surface area is 125 Å². The molecule has 2 rings (SSSR count). The zero-order chi connectivity index (χ0) is 15.4. The third-order valence-electron chi connectivity index (χ3n) is 3.84. The van der Waals surface area contributed by atoms with Crippen LogP contribution in [0.1, 0.15) is 32.3 Å². The molecule has 0 bridgehead atoms. The second kappa shape index (κ2) is 6.61. The molecule has 1 heterocycles. The number of hydrogen-bond donors (Lipinski definition) is 1. The smallest absolute Gasteiger partial charge is 0.321 e. The molecule has 0 atom stereocenters. The van der Waals surface area contributed by atoms with E-state index in [1.807, 2.05) is 24.3 Å². The largest absolute Gasteiger partial charge is 0.339 e. The minimum absolute atomic E-state index is 0.0696. The second-order valence-electron chi connectivity index (χ2n) is 5.67. The van der Waals surface area contributed by atoms with E-state index in [1.54, 1.807) is 16.7 Å². The van der Waals surface area contributed by atoms with Crippen molar-refractivity contribution in [2.45, 2.75) is 26.7 Å². The number of urea groups is 1. The molecule has 0 radical (unpaired) electrons. The summed E-state index contributed by atoms with van der Waals surface area (Å²) >= 11 is 0. The molecule has 0 aliphatic carbocycles. The predicted octanol–water partition coefficient (Wildman–Crippen LogP) is 2.51. The molecule has 1 saturated heterocycles. The number of piperazine rings is 1. The summed E-state index contributed by atoms with van der Waals surface area (Å²) in [4.78, 5) is 27.2. The number of nitrogens with zero attached hydrogens (tertiary/aromatic N) is 2. The highest BCUT2D eigenvalue weighted by Crippen LogP contribution is 2.24. The number of carbonyl (C=O) groups is 2. The fourth-order valence-corrected chi connectivity index (χ4v) is 2.53. The van der Waals surface area contributed by atoms with E-state index in [0.29, 0.717) is 32.1 Å². The van der Waals surface area contributed by atoms with Gasteiger partial charge in [-0.2, -0.15) is 0 Å². The van der Waals surface area contributed by atoms with Crippen molar-refractivity contribution in [2.75, 3.05) is 31.5 Å². The first-order chi connectivity index (χ1) is 9.99. The Bertz CT molecular complexity index is 520. The lowest BCUT2D eigenvalue weighted by Gasteiger charge is -2.34. The van der Waals surface area contributed by atoms with Gasteiger partial charge < -0.3 is 15.1 Å². The van der Waals surface area contributed by atoms with Gasteiger partial charge in [0.1, 0.15) is 0 Å². The van der Waals surface area contributed by atoms with Crippen LogP contribution in [0.25, 0.3) is 0 Å². The number of nitrogens with one attached hydrogen (secondary N) is 1. The van der Waals surface area contributed by atoms with Gasteiger partial charge >= 0.3 is 6.03 Å². The molecule has 5 heteroatoms. The second-order valence-corrected chi connectivity index (χ2v) is 5.67. The lowest BCUT2D eigenvalue weighted by molar-refractivity contribution is -0.130. The Balaban J connectivity index is 1.98. The molecule has 0 saturated carbocycles. The van der Waals surface area contributed by atoms with Gasteiger partial charge in [0.2, 0.25) is 5.91 Å².